The summed E-state index contributed by atoms with van der Waals surface area (Å²) >= 11 is 5.89. The van der Waals surface area contributed by atoms with Gasteiger partial charge in [0.15, 0.2) is 0 Å². The Morgan fingerprint density at radius 3 is 2.48 bits per heavy atom. The van der Waals surface area contributed by atoms with Gasteiger partial charge in [0, 0.05) is 11.4 Å². The van der Waals surface area contributed by atoms with Crippen LogP contribution in [0.3, 0.4) is 0 Å². The average molecular weight is 301 g/mol. The first kappa shape index (κ1) is 15.2. The molecule has 0 saturated heterocycles. The minimum absolute atomic E-state index is 0.568. The number of benzene rings is 2. The Bertz CT molecular complexity index is 649. The fourth-order valence-corrected chi connectivity index (χ4v) is 2.29. The Kier molecular flexibility index (Phi) is 4.72. The van der Waals surface area contributed by atoms with Gasteiger partial charge in [-0.3, -0.25) is 0 Å². The van der Waals surface area contributed by atoms with Gasteiger partial charge < -0.3 is 10.1 Å². The monoisotopic (exact) mass is 300 g/mol. The summed E-state index contributed by atoms with van der Waals surface area (Å²) in [6.45, 7) is 1.87. The first-order valence-electron chi connectivity index (χ1n) is 6.63. The molecular weight excluding hydrogens is 284 g/mol. The van der Waals surface area contributed by atoms with Gasteiger partial charge in [0.2, 0.25) is 0 Å². The van der Waals surface area contributed by atoms with Crippen molar-refractivity contribution in [1.29, 1.82) is 5.26 Å². The van der Waals surface area contributed by atoms with E-state index in [9.17, 15) is 5.26 Å². The van der Waals surface area contributed by atoms with Crippen LogP contribution in [0.1, 0.15) is 12.5 Å². The van der Waals surface area contributed by atoms with Crippen molar-refractivity contribution in [3.63, 3.8) is 0 Å². The van der Waals surface area contributed by atoms with Gasteiger partial charge in [-0.2, -0.15) is 5.26 Å². The summed E-state index contributed by atoms with van der Waals surface area (Å²) in [5.41, 5.74) is 1.12. The van der Waals surface area contributed by atoms with E-state index >= 15 is 0 Å². The number of methoxy groups -OCH3 is 1. The second kappa shape index (κ2) is 6.51. The number of rotatable bonds is 5. The number of halogens is 1. The summed E-state index contributed by atoms with van der Waals surface area (Å²) in [7, 11) is 1.61. The molecule has 2 aromatic carbocycles. The molecule has 0 fully saturated rings. The lowest BCUT2D eigenvalue weighted by atomic mass is 9.94. The van der Waals surface area contributed by atoms with Crippen molar-refractivity contribution in [2.45, 2.75) is 18.9 Å². The molecule has 3 nitrogen and oxygen atoms in total. The van der Waals surface area contributed by atoms with Crippen LogP contribution in [0.25, 0.3) is 0 Å². The van der Waals surface area contributed by atoms with Gasteiger partial charge >= 0.3 is 0 Å². The lowest BCUT2D eigenvalue weighted by molar-refractivity contribution is 0.415. The summed E-state index contributed by atoms with van der Waals surface area (Å²) in [4.78, 5) is 0. The minimum atomic E-state index is -0.734. The molecule has 0 saturated carbocycles. The molecule has 4 heteroatoms. The van der Waals surface area contributed by atoms with Crippen LogP contribution in [0.15, 0.2) is 48.5 Å². The van der Waals surface area contributed by atoms with Crippen molar-refractivity contribution in [3.8, 4) is 11.8 Å². The van der Waals surface area contributed by atoms with E-state index in [0.29, 0.717) is 11.4 Å². The third kappa shape index (κ3) is 3.90. The normalized spacial score (nSPS) is 13.0. The second-order valence-electron chi connectivity index (χ2n) is 5.07. The molecule has 108 valence electrons. The summed E-state index contributed by atoms with van der Waals surface area (Å²) in [6.07, 6.45) is 0.568. The quantitative estimate of drug-likeness (QED) is 0.896. The number of ether oxygens (including phenoxy) is 1. The second-order valence-corrected chi connectivity index (χ2v) is 5.51. The molecular formula is C17H17ClN2O. The Morgan fingerprint density at radius 2 is 1.86 bits per heavy atom. The van der Waals surface area contributed by atoms with Gasteiger partial charge in [0.1, 0.15) is 11.3 Å². The number of nitriles is 1. The van der Waals surface area contributed by atoms with Crippen molar-refractivity contribution in [1.82, 2.24) is 0 Å². The lowest BCUT2D eigenvalue weighted by Gasteiger charge is -2.25. The van der Waals surface area contributed by atoms with E-state index in [2.05, 4.69) is 11.4 Å². The highest BCUT2D eigenvalue weighted by molar-refractivity contribution is 6.30. The highest BCUT2D eigenvalue weighted by Crippen LogP contribution is 2.28. The van der Waals surface area contributed by atoms with Crippen LogP contribution >= 0.6 is 11.6 Å². The van der Waals surface area contributed by atoms with Crippen LogP contribution in [0, 0.1) is 11.3 Å². The van der Waals surface area contributed by atoms with Gasteiger partial charge in [-0.05, 0) is 36.8 Å². The van der Waals surface area contributed by atoms with E-state index in [1.165, 1.54) is 0 Å². The van der Waals surface area contributed by atoms with Crippen LogP contribution in [-0.4, -0.2) is 12.6 Å². The maximum absolute atomic E-state index is 9.55. The Morgan fingerprint density at radius 1 is 1.19 bits per heavy atom. The van der Waals surface area contributed by atoms with Crippen molar-refractivity contribution in [3.05, 3.63) is 59.1 Å². The average Bonchev–Trinajstić information content (AvgIpc) is 2.50. The van der Waals surface area contributed by atoms with E-state index in [4.69, 9.17) is 16.3 Å². The summed E-state index contributed by atoms with van der Waals surface area (Å²) < 4.78 is 5.31. The number of nitrogens with one attached hydrogen (secondary N) is 1. The van der Waals surface area contributed by atoms with E-state index in [1.807, 2.05) is 55.5 Å². The standard InChI is InChI=1S/C17H17ClN2O/c1-17(12-19,11-13-7-9-14(18)10-8-13)20-15-5-3-4-6-16(15)21-2/h3-10,20H,11H2,1-2H3. The third-order valence-corrected chi connectivity index (χ3v) is 3.49. The molecule has 0 heterocycles. The maximum atomic E-state index is 9.55. The van der Waals surface area contributed by atoms with E-state index in [1.54, 1.807) is 7.11 Å². The molecule has 0 aliphatic rings. The number of hydrogen-bond acceptors (Lipinski definition) is 3. The molecule has 2 aromatic rings. The fourth-order valence-electron chi connectivity index (χ4n) is 2.17. The molecule has 2 rings (SSSR count). The predicted octanol–water partition coefficient (Wildman–Crippen LogP) is 4.29. The zero-order valence-corrected chi connectivity index (χ0v) is 12.8. The Labute approximate surface area is 130 Å². The van der Waals surface area contributed by atoms with Gasteiger partial charge in [-0.15, -0.1) is 0 Å². The van der Waals surface area contributed by atoms with Crippen LogP contribution < -0.4 is 10.1 Å². The van der Waals surface area contributed by atoms with Gasteiger partial charge in [0.25, 0.3) is 0 Å². The molecule has 21 heavy (non-hydrogen) atoms. The highest BCUT2D eigenvalue weighted by Gasteiger charge is 2.25. The first-order valence-corrected chi connectivity index (χ1v) is 7.01. The molecule has 1 atom stereocenters. The molecule has 0 aliphatic heterocycles. The van der Waals surface area contributed by atoms with E-state index < -0.39 is 5.54 Å². The predicted molar refractivity (Wildman–Crippen MR) is 85.8 cm³/mol. The fraction of sp³-hybridized carbons (Fsp3) is 0.235. The largest absolute Gasteiger partial charge is 0.495 e. The Hall–Kier alpha value is -2.18. The van der Waals surface area contributed by atoms with E-state index in [0.717, 1.165) is 17.0 Å². The maximum Gasteiger partial charge on any atom is 0.141 e. The summed E-state index contributed by atoms with van der Waals surface area (Å²) in [5.74, 6) is 0.718. The van der Waals surface area contributed by atoms with Crippen molar-refractivity contribution >= 4 is 17.3 Å². The molecule has 1 unspecified atom stereocenters. The highest BCUT2D eigenvalue weighted by atomic mass is 35.5. The minimum Gasteiger partial charge on any atom is -0.495 e. The summed E-state index contributed by atoms with van der Waals surface area (Å²) in [6, 6.07) is 17.4. The smallest absolute Gasteiger partial charge is 0.141 e. The van der Waals surface area contributed by atoms with E-state index in [-0.39, 0.29) is 0 Å². The summed E-state index contributed by atoms with van der Waals surface area (Å²) in [5, 5.41) is 13.5. The third-order valence-electron chi connectivity index (χ3n) is 3.24. The molecule has 0 aliphatic carbocycles. The van der Waals surface area contributed by atoms with Crippen LogP contribution in [-0.2, 0) is 6.42 Å². The molecule has 0 amide bonds. The lowest BCUT2D eigenvalue weighted by Crippen LogP contribution is -2.35. The SMILES string of the molecule is COc1ccccc1NC(C)(C#N)Cc1ccc(Cl)cc1. The van der Waals surface area contributed by atoms with Gasteiger partial charge in [-0.25, -0.2) is 0 Å². The van der Waals surface area contributed by atoms with Crippen molar-refractivity contribution in [2.75, 3.05) is 12.4 Å². The van der Waals surface area contributed by atoms with Crippen molar-refractivity contribution < 1.29 is 4.74 Å². The molecule has 1 N–H and O–H groups in total. The van der Waals surface area contributed by atoms with Gasteiger partial charge in [-0.1, -0.05) is 35.9 Å². The number of para-hydroxylation sites is 2. The number of hydrogen-bond donors (Lipinski definition) is 1. The Balaban J connectivity index is 2.21. The molecule has 0 bridgehead atoms. The first-order chi connectivity index (χ1) is 10.1. The molecule has 0 radical (unpaired) electrons. The van der Waals surface area contributed by atoms with Crippen LogP contribution in [0.4, 0.5) is 5.69 Å². The topological polar surface area (TPSA) is 45.0 Å². The van der Waals surface area contributed by atoms with Crippen LogP contribution in [0.5, 0.6) is 5.75 Å². The molecule has 0 spiro atoms. The van der Waals surface area contributed by atoms with Gasteiger partial charge in [0.05, 0.1) is 18.9 Å². The van der Waals surface area contributed by atoms with Crippen molar-refractivity contribution in [2.24, 2.45) is 0 Å². The number of anilines is 1. The number of nitrogens with zero attached hydrogens (tertiary/aromatic N) is 1. The zero-order valence-electron chi connectivity index (χ0n) is 12.1. The zero-order chi connectivity index (χ0) is 15.3. The molecule has 0 aromatic heterocycles. The van der Waals surface area contributed by atoms with Crippen LogP contribution in [0.2, 0.25) is 5.02 Å².